The quantitative estimate of drug-likeness (QED) is 0.891. The molecule has 2 rings (SSSR count). The largest absolute Gasteiger partial charge is 0.383 e. The third-order valence-corrected chi connectivity index (χ3v) is 3.59. The maximum atomic E-state index is 13.9. The number of halogens is 1. The number of nitrogens with one attached hydrogen (secondary N) is 1. The van der Waals surface area contributed by atoms with Crippen LogP contribution in [0.1, 0.15) is 22.5 Å². The van der Waals surface area contributed by atoms with E-state index in [2.05, 4.69) is 10.4 Å². The highest BCUT2D eigenvalue weighted by Crippen LogP contribution is 2.19. The van der Waals surface area contributed by atoms with Crippen LogP contribution in [0.15, 0.2) is 18.2 Å². The maximum Gasteiger partial charge on any atom is 0.147 e. The smallest absolute Gasteiger partial charge is 0.147 e. The fourth-order valence-corrected chi connectivity index (χ4v) is 2.30. The van der Waals surface area contributed by atoms with Crippen LogP contribution in [-0.2, 0) is 17.8 Å². The van der Waals surface area contributed by atoms with E-state index in [1.54, 1.807) is 19.2 Å². The predicted molar refractivity (Wildman–Crippen MR) is 82.0 cm³/mol. The normalized spacial score (nSPS) is 10.5. The van der Waals surface area contributed by atoms with Gasteiger partial charge in [-0.1, -0.05) is 0 Å². The molecule has 6 heteroatoms. The van der Waals surface area contributed by atoms with Gasteiger partial charge in [-0.05, 0) is 32.0 Å². The van der Waals surface area contributed by atoms with Gasteiger partial charge in [-0.25, -0.2) is 4.39 Å². The van der Waals surface area contributed by atoms with Gasteiger partial charge >= 0.3 is 0 Å². The molecule has 0 unspecified atom stereocenters. The molecule has 116 valence electrons. The minimum Gasteiger partial charge on any atom is -0.383 e. The van der Waals surface area contributed by atoms with Gasteiger partial charge in [0, 0.05) is 24.9 Å². The van der Waals surface area contributed by atoms with Crippen LogP contribution in [0.5, 0.6) is 0 Å². The van der Waals surface area contributed by atoms with Crippen molar-refractivity contribution in [3.05, 3.63) is 46.5 Å². The van der Waals surface area contributed by atoms with Gasteiger partial charge in [-0.15, -0.1) is 0 Å². The summed E-state index contributed by atoms with van der Waals surface area (Å²) in [6.07, 6.45) is 0. The molecule has 0 saturated carbocycles. The van der Waals surface area contributed by atoms with Gasteiger partial charge in [-0.3, -0.25) is 4.68 Å². The molecule has 0 amide bonds. The van der Waals surface area contributed by atoms with Crippen molar-refractivity contribution < 1.29 is 9.13 Å². The highest BCUT2D eigenvalue weighted by atomic mass is 19.1. The number of hydrogen-bond donors (Lipinski definition) is 1. The number of nitrogens with zero attached hydrogens (tertiary/aromatic N) is 3. The molecule has 0 bridgehead atoms. The summed E-state index contributed by atoms with van der Waals surface area (Å²) in [4.78, 5) is 0. The van der Waals surface area contributed by atoms with E-state index >= 15 is 0 Å². The molecule has 1 aromatic carbocycles. The molecular formula is C16H19FN4O. The zero-order valence-electron chi connectivity index (χ0n) is 13.0. The van der Waals surface area contributed by atoms with Crippen molar-refractivity contribution in [2.45, 2.75) is 26.9 Å². The molecule has 2 aromatic rings. The SMILES string of the molecule is COCCn1nc(C)c(CNc2ccc(C#N)cc2F)c1C. The highest BCUT2D eigenvalue weighted by molar-refractivity contribution is 5.49. The molecule has 0 aliphatic heterocycles. The van der Waals surface area contributed by atoms with Crippen LogP contribution in [0.25, 0.3) is 0 Å². The van der Waals surface area contributed by atoms with E-state index in [0.717, 1.165) is 17.0 Å². The van der Waals surface area contributed by atoms with Gasteiger partial charge in [-0.2, -0.15) is 10.4 Å². The van der Waals surface area contributed by atoms with E-state index in [1.165, 1.54) is 6.07 Å². The minimum atomic E-state index is -0.430. The van der Waals surface area contributed by atoms with Crippen molar-refractivity contribution in [1.82, 2.24) is 9.78 Å². The third kappa shape index (κ3) is 3.43. The predicted octanol–water partition coefficient (Wildman–Crippen LogP) is 2.77. The maximum absolute atomic E-state index is 13.9. The van der Waals surface area contributed by atoms with E-state index in [4.69, 9.17) is 10.00 Å². The molecule has 0 radical (unpaired) electrons. The van der Waals surface area contributed by atoms with E-state index in [-0.39, 0.29) is 0 Å². The molecule has 1 aromatic heterocycles. The molecule has 5 nitrogen and oxygen atoms in total. The van der Waals surface area contributed by atoms with Crippen LogP contribution in [0.3, 0.4) is 0 Å². The summed E-state index contributed by atoms with van der Waals surface area (Å²) in [5.41, 5.74) is 3.68. The third-order valence-electron chi connectivity index (χ3n) is 3.59. The fourth-order valence-electron chi connectivity index (χ4n) is 2.30. The Hall–Kier alpha value is -2.39. The fraction of sp³-hybridized carbons (Fsp3) is 0.375. The van der Waals surface area contributed by atoms with Gasteiger partial charge in [0.05, 0.1) is 36.2 Å². The van der Waals surface area contributed by atoms with E-state index in [0.29, 0.717) is 30.9 Å². The number of methoxy groups -OCH3 is 1. The lowest BCUT2D eigenvalue weighted by Gasteiger charge is -2.09. The van der Waals surface area contributed by atoms with Crippen LogP contribution in [0.4, 0.5) is 10.1 Å². The lowest BCUT2D eigenvalue weighted by Crippen LogP contribution is -2.08. The average molecular weight is 302 g/mol. The first kappa shape index (κ1) is 16.0. The summed E-state index contributed by atoms with van der Waals surface area (Å²) in [5, 5.41) is 16.3. The van der Waals surface area contributed by atoms with E-state index < -0.39 is 5.82 Å². The summed E-state index contributed by atoms with van der Waals surface area (Å²) in [6.45, 7) is 5.69. The van der Waals surface area contributed by atoms with Crippen LogP contribution in [0, 0.1) is 31.0 Å². The van der Waals surface area contributed by atoms with Crippen LogP contribution < -0.4 is 5.32 Å². The molecule has 1 heterocycles. The highest BCUT2D eigenvalue weighted by Gasteiger charge is 2.12. The van der Waals surface area contributed by atoms with Crippen molar-refractivity contribution in [1.29, 1.82) is 5.26 Å². The first-order chi connectivity index (χ1) is 10.6. The summed E-state index contributed by atoms with van der Waals surface area (Å²) in [6, 6.07) is 6.31. The number of anilines is 1. The zero-order chi connectivity index (χ0) is 16.1. The second-order valence-electron chi connectivity index (χ2n) is 5.03. The van der Waals surface area contributed by atoms with Crippen molar-refractivity contribution in [2.24, 2.45) is 0 Å². The molecule has 0 fully saturated rings. The van der Waals surface area contributed by atoms with Crippen LogP contribution in [0.2, 0.25) is 0 Å². The van der Waals surface area contributed by atoms with Gasteiger partial charge in [0.25, 0.3) is 0 Å². The molecule has 0 atom stereocenters. The van der Waals surface area contributed by atoms with Crippen LogP contribution >= 0.6 is 0 Å². The number of aryl methyl sites for hydroxylation is 1. The molecule has 1 N–H and O–H groups in total. The second-order valence-corrected chi connectivity index (χ2v) is 5.03. The summed E-state index contributed by atoms with van der Waals surface area (Å²) in [7, 11) is 1.65. The second kappa shape index (κ2) is 7.05. The minimum absolute atomic E-state index is 0.308. The number of rotatable bonds is 6. The standard InChI is InChI=1S/C16H19FN4O/c1-11-14(12(2)21(20-11)6-7-22-3)10-19-16-5-4-13(9-18)8-15(16)17/h4-5,8,19H,6-7,10H2,1-3H3. The number of hydrogen-bond acceptors (Lipinski definition) is 4. The monoisotopic (exact) mass is 302 g/mol. The Kier molecular flexibility index (Phi) is 5.12. The molecule has 0 aliphatic carbocycles. The zero-order valence-corrected chi connectivity index (χ0v) is 13.0. The molecule has 22 heavy (non-hydrogen) atoms. The van der Waals surface area contributed by atoms with E-state index in [9.17, 15) is 4.39 Å². The van der Waals surface area contributed by atoms with Crippen molar-refractivity contribution in [3.8, 4) is 6.07 Å². The number of ether oxygens (including phenoxy) is 1. The Labute approximate surface area is 129 Å². The Balaban J connectivity index is 2.12. The van der Waals surface area contributed by atoms with Crippen LogP contribution in [-0.4, -0.2) is 23.5 Å². The van der Waals surface area contributed by atoms with Gasteiger partial charge < -0.3 is 10.1 Å². The Morgan fingerprint density at radius 3 is 2.82 bits per heavy atom. The topological polar surface area (TPSA) is 62.9 Å². The molecule has 0 saturated heterocycles. The Morgan fingerprint density at radius 2 is 2.18 bits per heavy atom. The lowest BCUT2D eigenvalue weighted by molar-refractivity contribution is 0.182. The van der Waals surface area contributed by atoms with Crippen molar-refractivity contribution in [3.63, 3.8) is 0 Å². The summed E-state index contributed by atoms with van der Waals surface area (Å²) in [5.74, 6) is -0.430. The Morgan fingerprint density at radius 1 is 1.41 bits per heavy atom. The lowest BCUT2D eigenvalue weighted by atomic mass is 10.1. The van der Waals surface area contributed by atoms with Gasteiger partial charge in [0.15, 0.2) is 0 Å². The number of nitriles is 1. The van der Waals surface area contributed by atoms with Gasteiger partial charge in [0.2, 0.25) is 0 Å². The average Bonchev–Trinajstić information content (AvgIpc) is 2.78. The Bertz CT molecular complexity index is 703. The number of benzene rings is 1. The van der Waals surface area contributed by atoms with Gasteiger partial charge in [0.1, 0.15) is 5.82 Å². The molecular weight excluding hydrogens is 283 g/mol. The number of aromatic nitrogens is 2. The van der Waals surface area contributed by atoms with Crippen molar-refractivity contribution in [2.75, 3.05) is 19.0 Å². The van der Waals surface area contributed by atoms with Crippen molar-refractivity contribution >= 4 is 5.69 Å². The van der Waals surface area contributed by atoms with E-state index in [1.807, 2.05) is 24.6 Å². The first-order valence-electron chi connectivity index (χ1n) is 7.02. The summed E-state index contributed by atoms with van der Waals surface area (Å²) < 4.78 is 20.8. The first-order valence-corrected chi connectivity index (χ1v) is 7.02. The molecule has 0 spiro atoms. The molecule has 0 aliphatic rings. The summed E-state index contributed by atoms with van der Waals surface area (Å²) >= 11 is 0.